The van der Waals surface area contributed by atoms with Gasteiger partial charge in [0.1, 0.15) is 29.2 Å². The predicted molar refractivity (Wildman–Crippen MR) is 165 cm³/mol. The van der Waals surface area contributed by atoms with Gasteiger partial charge in [0, 0.05) is 9.79 Å². The summed E-state index contributed by atoms with van der Waals surface area (Å²) in [5.41, 5.74) is 2.73. The Morgan fingerprint density at radius 2 is 1.65 bits per heavy atom. The van der Waals surface area contributed by atoms with Crippen LogP contribution >= 0.6 is 23.4 Å². The fourth-order valence-electron chi connectivity index (χ4n) is 4.50. The molecule has 9 nitrogen and oxygen atoms in total. The van der Waals surface area contributed by atoms with Crippen molar-refractivity contribution in [3.63, 3.8) is 0 Å². The van der Waals surface area contributed by atoms with Crippen molar-refractivity contribution in [2.45, 2.75) is 74.8 Å². The number of hydrogen-bond donors (Lipinski definition) is 2. The summed E-state index contributed by atoms with van der Waals surface area (Å²) in [6.45, 7) is 10.5. The van der Waals surface area contributed by atoms with E-state index >= 15 is 0 Å². The Hall–Kier alpha value is -3.73. The van der Waals surface area contributed by atoms with E-state index in [2.05, 4.69) is 10.9 Å². The number of nitrogens with one attached hydrogen (secondary N) is 2. The summed E-state index contributed by atoms with van der Waals surface area (Å²) in [5, 5.41) is 0.208. The molecule has 228 valence electrons. The zero-order valence-electron chi connectivity index (χ0n) is 25.0. The molecular formula is C32H36ClN3O6S. The summed E-state index contributed by atoms with van der Waals surface area (Å²) in [4.78, 5) is 42.2. The Morgan fingerprint density at radius 3 is 2.33 bits per heavy atom. The van der Waals surface area contributed by atoms with Crippen molar-refractivity contribution in [1.82, 2.24) is 15.8 Å². The largest absolute Gasteiger partial charge is 0.489 e. The lowest BCUT2D eigenvalue weighted by atomic mass is 10.0. The third kappa shape index (κ3) is 8.01. The molecule has 1 saturated heterocycles. The molecule has 1 aliphatic heterocycles. The molecule has 0 unspecified atom stereocenters. The van der Waals surface area contributed by atoms with Crippen LogP contribution in [0.15, 0.2) is 82.6 Å². The fourth-order valence-corrected chi connectivity index (χ4v) is 5.74. The van der Waals surface area contributed by atoms with Crippen LogP contribution in [0, 0.1) is 0 Å². The van der Waals surface area contributed by atoms with Crippen LogP contribution in [-0.2, 0) is 20.9 Å². The molecule has 11 heteroatoms. The zero-order valence-corrected chi connectivity index (χ0v) is 26.6. The van der Waals surface area contributed by atoms with Crippen LogP contribution in [0.4, 0.5) is 4.79 Å². The zero-order chi connectivity index (χ0) is 31.4. The molecule has 0 radical (unpaired) electrons. The number of halogens is 1. The van der Waals surface area contributed by atoms with Crippen LogP contribution in [0.1, 0.15) is 57.5 Å². The molecule has 0 aromatic heterocycles. The van der Waals surface area contributed by atoms with Gasteiger partial charge >= 0.3 is 6.09 Å². The molecule has 0 saturated carbocycles. The van der Waals surface area contributed by atoms with Crippen molar-refractivity contribution in [3.8, 4) is 5.75 Å². The number of hydrazine groups is 1. The van der Waals surface area contributed by atoms with Crippen molar-refractivity contribution in [1.29, 1.82) is 0 Å². The molecule has 0 aliphatic carbocycles. The maximum atomic E-state index is 13.3. The van der Waals surface area contributed by atoms with Gasteiger partial charge in [-0.25, -0.2) is 4.79 Å². The second-order valence-corrected chi connectivity index (χ2v) is 13.3. The first-order valence-corrected chi connectivity index (χ1v) is 14.9. The van der Waals surface area contributed by atoms with Crippen LogP contribution in [0.2, 0.25) is 5.02 Å². The van der Waals surface area contributed by atoms with Gasteiger partial charge in [-0.15, -0.1) is 0 Å². The highest BCUT2D eigenvalue weighted by molar-refractivity contribution is 7.99. The van der Waals surface area contributed by atoms with Gasteiger partial charge in [-0.3, -0.25) is 25.3 Å². The van der Waals surface area contributed by atoms with Gasteiger partial charge in [-0.2, -0.15) is 0 Å². The maximum absolute atomic E-state index is 13.3. The third-order valence-electron chi connectivity index (χ3n) is 6.57. The highest BCUT2D eigenvalue weighted by Crippen LogP contribution is 2.37. The minimum Gasteiger partial charge on any atom is -0.489 e. The molecule has 1 atom stereocenters. The number of ether oxygens (including phenoxy) is 3. The van der Waals surface area contributed by atoms with E-state index in [1.165, 1.54) is 16.7 Å². The second-order valence-electron chi connectivity index (χ2n) is 11.7. The van der Waals surface area contributed by atoms with E-state index in [1.807, 2.05) is 54.6 Å². The Balaban J connectivity index is 1.37. The Morgan fingerprint density at radius 1 is 0.953 bits per heavy atom. The number of hydrogen-bond acceptors (Lipinski definition) is 7. The first kappa shape index (κ1) is 32.2. The SMILES string of the molecule is CC(C)(C)OC(=O)N1C(C)(C)OC[C@]1(C)C(=O)NNC(=O)c1ccc(Sc2cccc(OCc3ccccc3)c2)cc1Cl. The van der Waals surface area contributed by atoms with Gasteiger partial charge in [0.2, 0.25) is 0 Å². The van der Waals surface area contributed by atoms with E-state index < -0.39 is 34.8 Å². The standard InChI is InChI=1S/C32H36ClN3O6S/c1-30(2,3)42-29(39)36-31(4,5)41-20-32(36,6)28(38)35-34-27(37)25-16-15-24(18-26(25)33)43-23-14-10-13-22(17-23)40-19-21-11-8-7-9-12-21/h7-18H,19-20H2,1-6H3,(H,34,37)(H,35,38)/t32-/m1/s1. The van der Waals surface area contributed by atoms with Gasteiger partial charge in [0.25, 0.3) is 11.8 Å². The molecule has 3 aromatic rings. The van der Waals surface area contributed by atoms with E-state index in [4.69, 9.17) is 25.8 Å². The summed E-state index contributed by atoms with van der Waals surface area (Å²) in [6.07, 6.45) is -0.705. The molecule has 1 heterocycles. The molecule has 2 N–H and O–H groups in total. The Kier molecular flexibility index (Phi) is 9.63. The van der Waals surface area contributed by atoms with Crippen molar-refractivity contribution in [2.75, 3.05) is 6.61 Å². The van der Waals surface area contributed by atoms with Crippen molar-refractivity contribution < 1.29 is 28.6 Å². The van der Waals surface area contributed by atoms with Gasteiger partial charge < -0.3 is 14.2 Å². The fraction of sp³-hybridized carbons (Fsp3) is 0.344. The van der Waals surface area contributed by atoms with Crippen LogP contribution in [0.25, 0.3) is 0 Å². The predicted octanol–water partition coefficient (Wildman–Crippen LogP) is 6.59. The van der Waals surface area contributed by atoms with Crippen molar-refractivity contribution in [2.24, 2.45) is 0 Å². The smallest absolute Gasteiger partial charge is 0.413 e. The first-order chi connectivity index (χ1) is 20.2. The Labute approximate surface area is 261 Å². The minimum absolute atomic E-state index is 0.0912. The number of carbonyl (C=O) groups is 3. The lowest BCUT2D eigenvalue weighted by Gasteiger charge is -2.39. The normalized spacial score (nSPS) is 17.7. The van der Waals surface area contributed by atoms with Crippen LogP contribution < -0.4 is 15.6 Å². The highest BCUT2D eigenvalue weighted by atomic mass is 35.5. The van der Waals surface area contributed by atoms with E-state index in [0.717, 1.165) is 21.1 Å². The molecule has 1 aliphatic rings. The second kappa shape index (κ2) is 12.9. The number of rotatable bonds is 7. The minimum atomic E-state index is -1.44. The maximum Gasteiger partial charge on any atom is 0.413 e. The van der Waals surface area contributed by atoms with Gasteiger partial charge in [-0.05, 0) is 83.5 Å². The number of nitrogens with zero attached hydrogens (tertiary/aromatic N) is 1. The summed E-state index contributed by atoms with van der Waals surface area (Å²) in [7, 11) is 0. The van der Waals surface area contributed by atoms with Crippen molar-refractivity contribution in [3.05, 3.63) is 88.9 Å². The number of benzene rings is 3. The highest BCUT2D eigenvalue weighted by Gasteiger charge is 2.57. The van der Waals surface area contributed by atoms with Gasteiger partial charge in [-0.1, -0.05) is 59.8 Å². The van der Waals surface area contributed by atoms with Crippen LogP contribution in [0.3, 0.4) is 0 Å². The lowest BCUT2D eigenvalue weighted by molar-refractivity contribution is -0.133. The molecule has 3 aromatic carbocycles. The van der Waals surface area contributed by atoms with E-state index in [9.17, 15) is 14.4 Å². The number of amides is 3. The van der Waals surface area contributed by atoms with Crippen LogP contribution in [0.5, 0.6) is 5.75 Å². The summed E-state index contributed by atoms with van der Waals surface area (Å²) in [6, 6.07) is 22.7. The molecule has 1 fully saturated rings. The first-order valence-electron chi connectivity index (χ1n) is 13.7. The molecule has 3 amide bonds. The summed E-state index contributed by atoms with van der Waals surface area (Å²) >= 11 is 7.94. The third-order valence-corrected chi connectivity index (χ3v) is 7.86. The quantitative estimate of drug-likeness (QED) is 0.285. The van der Waals surface area contributed by atoms with E-state index in [0.29, 0.717) is 6.61 Å². The van der Waals surface area contributed by atoms with Gasteiger partial charge in [0.15, 0.2) is 0 Å². The molecule has 4 rings (SSSR count). The molecular weight excluding hydrogens is 590 g/mol. The molecule has 43 heavy (non-hydrogen) atoms. The van der Waals surface area contributed by atoms with Crippen molar-refractivity contribution >= 4 is 41.3 Å². The van der Waals surface area contributed by atoms with E-state index in [1.54, 1.807) is 59.7 Å². The topological polar surface area (TPSA) is 106 Å². The van der Waals surface area contributed by atoms with Crippen LogP contribution in [-0.4, -0.2) is 46.3 Å². The lowest BCUT2D eigenvalue weighted by Crippen LogP contribution is -2.63. The molecule has 0 bridgehead atoms. The summed E-state index contributed by atoms with van der Waals surface area (Å²) in [5.74, 6) is -0.520. The van der Waals surface area contributed by atoms with E-state index in [-0.39, 0.29) is 17.2 Å². The number of carbonyl (C=O) groups excluding carboxylic acids is 3. The average molecular weight is 626 g/mol. The van der Waals surface area contributed by atoms with Gasteiger partial charge in [0.05, 0.1) is 17.2 Å². The average Bonchev–Trinajstić information content (AvgIpc) is 3.19. The Bertz CT molecular complexity index is 1490. The monoisotopic (exact) mass is 625 g/mol. The molecule has 0 spiro atoms. The summed E-state index contributed by atoms with van der Waals surface area (Å²) < 4.78 is 17.2.